The highest BCUT2D eigenvalue weighted by Gasteiger charge is 2.47. The summed E-state index contributed by atoms with van der Waals surface area (Å²) in [6.45, 7) is 4.93. The van der Waals surface area contributed by atoms with Crippen molar-refractivity contribution in [2.75, 3.05) is 6.61 Å². The fourth-order valence-corrected chi connectivity index (χ4v) is 5.62. The molecule has 0 spiro atoms. The molecule has 0 amide bonds. The van der Waals surface area contributed by atoms with Gasteiger partial charge in [-0.1, -0.05) is 37.1 Å². The number of aliphatic hydroxyl groups is 1. The molecule has 0 aromatic heterocycles. The normalized spacial score (nSPS) is 35.1. The summed E-state index contributed by atoms with van der Waals surface area (Å²) >= 11 is 0. The van der Waals surface area contributed by atoms with E-state index in [9.17, 15) is 9.63 Å². The van der Waals surface area contributed by atoms with Crippen LogP contribution in [0.5, 0.6) is 0 Å². The van der Waals surface area contributed by atoms with Crippen molar-refractivity contribution >= 4 is 0 Å². The molecule has 0 radical (unpaired) electrons. The molecule has 3 aliphatic carbocycles. The number of aliphatic hydroxyl groups excluding tert-OH is 1. The molecule has 4 atom stereocenters. The lowest BCUT2D eigenvalue weighted by molar-refractivity contribution is -0.133. The zero-order valence-electron chi connectivity index (χ0n) is 16.5. The topological polar surface area (TPSA) is 29.5 Å². The first-order valence-corrected chi connectivity index (χ1v) is 10.5. The van der Waals surface area contributed by atoms with E-state index in [2.05, 4.69) is 37.0 Å². The molecule has 26 heavy (non-hydrogen) atoms. The zero-order chi connectivity index (χ0) is 18.6. The monoisotopic (exact) mass is 362 g/mol. The highest BCUT2D eigenvalue weighted by atomic mass is 19.3. The van der Waals surface area contributed by atoms with E-state index in [4.69, 9.17) is 0 Å². The van der Waals surface area contributed by atoms with E-state index in [1.807, 2.05) is 0 Å². The number of hydrogen-bond donors (Lipinski definition) is 1. The van der Waals surface area contributed by atoms with Crippen molar-refractivity contribution in [3.63, 3.8) is 0 Å². The standard InChI is InChI=1S/C23H35FO2/c1-17-8-12-21(25)16-19(17)10-9-18-6-5-14-23(2)20(11-13-22(18)23)7-3-4-15-26-24/h6,9-10,20-22,25H,3-5,7-8,11-16H2,1-2H3/b10-9-. The number of allylic oxidation sites excluding steroid dienone is 5. The van der Waals surface area contributed by atoms with Gasteiger partial charge in [-0.3, -0.25) is 0 Å². The van der Waals surface area contributed by atoms with Gasteiger partial charge in [-0.2, -0.15) is 4.94 Å². The predicted octanol–water partition coefficient (Wildman–Crippen LogP) is 6.23. The summed E-state index contributed by atoms with van der Waals surface area (Å²) in [5, 5.41) is 9.97. The maximum atomic E-state index is 11.8. The molecule has 3 aliphatic rings. The van der Waals surface area contributed by atoms with Gasteiger partial charge < -0.3 is 5.11 Å². The maximum absolute atomic E-state index is 11.8. The highest BCUT2D eigenvalue weighted by Crippen LogP contribution is 2.57. The summed E-state index contributed by atoms with van der Waals surface area (Å²) in [5.41, 5.74) is 4.66. The third-order valence-corrected chi connectivity index (χ3v) is 7.36. The smallest absolute Gasteiger partial charge is 0.0876 e. The molecule has 3 rings (SSSR count). The van der Waals surface area contributed by atoms with Gasteiger partial charge in [0.1, 0.15) is 0 Å². The van der Waals surface area contributed by atoms with Gasteiger partial charge in [-0.25, -0.2) is 0 Å². The lowest BCUT2D eigenvalue weighted by atomic mass is 9.64. The molecular formula is C23H35FO2. The quantitative estimate of drug-likeness (QED) is 0.544. The van der Waals surface area contributed by atoms with Crippen LogP contribution in [0.3, 0.4) is 0 Å². The summed E-state index contributed by atoms with van der Waals surface area (Å²) in [4.78, 5) is 3.72. The molecule has 0 aromatic rings. The molecule has 2 nitrogen and oxygen atoms in total. The van der Waals surface area contributed by atoms with E-state index in [-0.39, 0.29) is 12.7 Å². The van der Waals surface area contributed by atoms with Crippen LogP contribution in [0.2, 0.25) is 0 Å². The van der Waals surface area contributed by atoms with Crippen molar-refractivity contribution in [3.05, 3.63) is 34.9 Å². The lowest BCUT2D eigenvalue weighted by Crippen LogP contribution is -2.32. The van der Waals surface area contributed by atoms with Crippen LogP contribution in [0.25, 0.3) is 0 Å². The third-order valence-electron chi connectivity index (χ3n) is 7.36. The summed E-state index contributed by atoms with van der Waals surface area (Å²) in [6, 6.07) is 0. The van der Waals surface area contributed by atoms with Crippen LogP contribution in [0.4, 0.5) is 4.53 Å². The van der Waals surface area contributed by atoms with Gasteiger partial charge in [0.25, 0.3) is 0 Å². The second-order valence-corrected chi connectivity index (χ2v) is 8.92. The van der Waals surface area contributed by atoms with E-state index in [1.54, 1.807) is 0 Å². The zero-order valence-corrected chi connectivity index (χ0v) is 16.5. The van der Waals surface area contributed by atoms with Crippen LogP contribution in [0.1, 0.15) is 78.1 Å². The summed E-state index contributed by atoms with van der Waals surface area (Å²) < 4.78 is 11.8. The Hall–Kier alpha value is -0.930. The van der Waals surface area contributed by atoms with Crippen LogP contribution in [0.15, 0.2) is 34.9 Å². The van der Waals surface area contributed by atoms with Crippen molar-refractivity contribution in [3.8, 4) is 0 Å². The lowest BCUT2D eigenvalue weighted by Gasteiger charge is -2.41. The van der Waals surface area contributed by atoms with Gasteiger partial charge in [0, 0.05) is 0 Å². The van der Waals surface area contributed by atoms with E-state index in [0.29, 0.717) is 11.3 Å². The molecule has 0 aromatic carbocycles. The average Bonchev–Trinajstić information content (AvgIpc) is 2.96. The molecule has 1 saturated carbocycles. The second kappa shape index (κ2) is 8.84. The Morgan fingerprint density at radius 1 is 1.27 bits per heavy atom. The van der Waals surface area contributed by atoms with Crippen LogP contribution >= 0.6 is 0 Å². The van der Waals surface area contributed by atoms with Crippen molar-refractivity contribution in [2.24, 2.45) is 17.3 Å². The first-order valence-electron chi connectivity index (χ1n) is 10.5. The van der Waals surface area contributed by atoms with Crippen LogP contribution in [-0.4, -0.2) is 17.8 Å². The van der Waals surface area contributed by atoms with Crippen molar-refractivity contribution < 1.29 is 14.6 Å². The Balaban J connectivity index is 1.65. The first kappa shape index (κ1) is 19.8. The molecule has 0 bridgehead atoms. The van der Waals surface area contributed by atoms with E-state index in [1.165, 1.54) is 42.4 Å². The Kier molecular flexibility index (Phi) is 6.74. The van der Waals surface area contributed by atoms with Crippen molar-refractivity contribution in [1.82, 2.24) is 0 Å². The second-order valence-electron chi connectivity index (χ2n) is 8.92. The minimum Gasteiger partial charge on any atom is -0.393 e. The fourth-order valence-electron chi connectivity index (χ4n) is 5.62. The van der Waals surface area contributed by atoms with E-state index >= 15 is 0 Å². The number of halogens is 1. The molecule has 0 aliphatic heterocycles. The predicted molar refractivity (Wildman–Crippen MR) is 104 cm³/mol. The number of fused-ring (bicyclic) bond motifs is 1. The molecular weight excluding hydrogens is 327 g/mol. The van der Waals surface area contributed by atoms with Crippen LogP contribution < -0.4 is 0 Å². The number of rotatable bonds is 7. The average molecular weight is 363 g/mol. The molecule has 4 unspecified atom stereocenters. The third kappa shape index (κ3) is 4.31. The highest BCUT2D eigenvalue weighted by molar-refractivity contribution is 5.36. The molecule has 1 fully saturated rings. The van der Waals surface area contributed by atoms with Gasteiger partial charge in [-0.05, 0) is 97.6 Å². The summed E-state index contributed by atoms with van der Waals surface area (Å²) in [5.74, 6) is 1.41. The van der Waals surface area contributed by atoms with Gasteiger partial charge in [0.2, 0.25) is 0 Å². The minimum absolute atomic E-state index is 0.173. The van der Waals surface area contributed by atoms with Crippen molar-refractivity contribution in [2.45, 2.75) is 84.2 Å². The Bertz CT molecular complexity index is 577. The molecule has 146 valence electrons. The first-order chi connectivity index (χ1) is 12.5. The SMILES string of the molecule is CC1=C(/C=C\C2=CCCC3(C)C(CCCCOF)CCC23)CC(O)CC1. The van der Waals surface area contributed by atoms with E-state index in [0.717, 1.165) is 44.4 Å². The summed E-state index contributed by atoms with van der Waals surface area (Å²) in [6.07, 6.45) is 17.7. The Labute approximate surface area is 158 Å². The fraction of sp³-hybridized carbons (Fsp3) is 0.739. The molecule has 1 N–H and O–H groups in total. The molecule has 0 heterocycles. The number of unbranched alkanes of at least 4 members (excludes halogenated alkanes) is 1. The summed E-state index contributed by atoms with van der Waals surface area (Å²) in [7, 11) is 0. The minimum atomic E-state index is -0.173. The van der Waals surface area contributed by atoms with Crippen molar-refractivity contribution in [1.29, 1.82) is 0 Å². The van der Waals surface area contributed by atoms with Gasteiger partial charge >= 0.3 is 0 Å². The molecule has 0 saturated heterocycles. The van der Waals surface area contributed by atoms with Gasteiger partial charge in [0.05, 0.1) is 12.7 Å². The maximum Gasteiger partial charge on any atom is 0.0876 e. The van der Waals surface area contributed by atoms with Crippen LogP contribution in [0, 0.1) is 17.3 Å². The van der Waals surface area contributed by atoms with E-state index < -0.39 is 0 Å². The Morgan fingerprint density at radius 2 is 2.12 bits per heavy atom. The van der Waals surface area contributed by atoms with Gasteiger partial charge in [-0.15, -0.1) is 0 Å². The molecule has 3 heteroatoms. The largest absolute Gasteiger partial charge is 0.393 e. The Morgan fingerprint density at radius 3 is 2.92 bits per heavy atom. The van der Waals surface area contributed by atoms with Crippen LogP contribution in [-0.2, 0) is 4.94 Å². The van der Waals surface area contributed by atoms with Gasteiger partial charge in [0.15, 0.2) is 0 Å². The number of hydrogen-bond acceptors (Lipinski definition) is 2.